The van der Waals surface area contributed by atoms with E-state index in [1.807, 2.05) is 18.2 Å². The molecule has 0 saturated heterocycles. The number of amides is 1. The molecule has 3 nitrogen and oxygen atoms in total. The van der Waals surface area contributed by atoms with Gasteiger partial charge in [0.15, 0.2) is 0 Å². The van der Waals surface area contributed by atoms with Gasteiger partial charge in [0.1, 0.15) is 0 Å². The summed E-state index contributed by atoms with van der Waals surface area (Å²) in [5.41, 5.74) is 3.03. The Hall–Kier alpha value is -1.58. The van der Waals surface area contributed by atoms with Crippen molar-refractivity contribution in [3.63, 3.8) is 0 Å². The molecule has 1 amide bonds. The minimum atomic E-state index is -0.00748. The summed E-state index contributed by atoms with van der Waals surface area (Å²) >= 11 is 12.2. The van der Waals surface area contributed by atoms with Crippen molar-refractivity contribution in [2.45, 2.75) is 25.3 Å². The molecular formula is C16H14Cl2N2O. The molecule has 1 atom stereocenters. The molecule has 108 valence electrons. The van der Waals surface area contributed by atoms with Gasteiger partial charge in [-0.3, -0.25) is 9.78 Å². The van der Waals surface area contributed by atoms with E-state index in [-0.39, 0.29) is 11.9 Å². The standard InChI is InChI=1S/C16H14Cl2N2O/c17-13-5-3-11-12(16(13)18)4-6-14(11)20-15(21)8-10-2-1-7-19-9-10/h1-3,5,7,9,14H,4,6,8H2,(H,20,21)/t14-/m0/s1. The number of benzene rings is 1. The average Bonchev–Trinajstić information content (AvgIpc) is 2.87. The van der Waals surface area contributed by atoms with E-state index >= 15 is 0 Å². The van der Waals surface area contributed by atoms with E-state index in [4.69, 9.17) is 23.2 Å². The normalized spacial score (nSPS) is 16.6. The minimum absolute atomic E-state index is 0.00748. The summed E-state index contributed by atoms with van der Waals surface area (Å²) in [6.07, 6.45) is 5.43. The summed E-state index contributed by atoms with van der Waals surface area (Å²) in [5.74, 6) is -0.00748. The molecule has 0 unspecified atom stereocenters. The fraction of sp³-hybridized carbons (Fsp3) is 0.250. The van der Waals surface area contributed by atoms with Crippen molar-refractivity contribution in [2.75, 3.05) is 0 Å². The van der Waals surface area contributed by atoms with E-state index in [2.05, 4.69) is 10.3 Å². The number of hydrogen-bond donors (Lipinski definition) is 1. The van der Waals surface area contributed by atoms with Crippen molar-refractivity contribution in [1.82, 2.24) is 10.3 Å². The van der Waals surface area contributed by atoms with Crippen LogP contribution >= 0.6 is 23.2 Å². The van der Waals surface area contributed by atoms with Gasteiger partial charge in [-0.1, -0.05) is 35.3 Å². The van der Waals surface area contributed by atoms with Gasteiger partial charge in [0.05, 0.1) is 22.5 Å². The Kier molecular flexibility index (Phi) is 4.13. The van der Waals surface area contributed by atoms with Crippen LogP contribution in [0.15, 0.2) is 36.7 Å². The first-order chi connectivity index (χ1) is 10.1. The predicted molar refractivity (Wildman–Crippen MR) is 83.6 cm³/mol. The van der Waals surface area contributed by atoms with Crippen molar-refractivity contribution in [3.05, 3.63) is 63.4 Å². The lowest BCUT2D eigenvalue weighted by molar-refractivity contribution is -0.121. The van der Waals surface area contributed by atoms with E-state index in [1.54, 1.807) is 18.5 Å². The number of carbonyl (C=O) groups is 1. The summed E-state index contributed by atoms with van der Waals surface area (Å²) in [4.78, 5) is 16.1. The Balaban J connectivity index is 1.71. The maximum atomic E-state index is 12.1. The lowest BCUT2D eigenvalue weighted by Crippen LogP contribution is -2.28. The Morgan fingerprint density at radius 3 is 2.95 bits per heavy atom. The van der Waals surface area contributed by atoms with Crippen LogP contribution < -0.4 is 5.32 Å². The molecule has 0 spiro atoms. The van der Waals surface area contributed by atoms with Gasteiger partial charge < -0.3 is 5.32 Å². The number of rotatable bonds is 3. The van der Waals surface area contributed by atoms with E-state index in [0.29, 0.717) is 16.5 Å². The van der Waals surface area contributed by atoms with Gasteiger partial charge in [0, 0.05) is 12.4 Å². The van der Waals surface area contributed by atoms with Crippen molar-refractivity contribution in [1.29, 1.82) is 0 Å². The lowest BCUT2D eigenvalue weighted by atomic mass is 10.1. The molecule has 3 rings (SSSR count). The van der Waals surface area contributed by atoms with Crippen molar-refractivity contribution >= 4 is 29.1 Å². The number of halogens is 2. The maximum Gasteiger partial charge on any atom is 0.224 e. The van der Waals surface area contributed by atoms with Crippen molar-refractivity contribution in [3.8, 4) is 0 Å². The topological polar surface area (TPSA) is 42.0 Å². The third-order valence-electron chi connectivity index (χ3n) is 3.71. The van der Waals surface area contributed by atoms with E-state index < -0.39 is 0 Å². The van der Waals surface area contributed by atoms with Crippen LogP contribution in [0, 0.1) is 0 Å². The zero-order valence-corrected chi connectivity index (χ0v) is 12.8. The Morgan fingerprint density at radius 2 is 2.19 bits per heavy atom. The minimum Gasteiger partial charge on any atom is -0.349 e. The number of carbonyl (C=O) groups excluding carboxylic acids is 1. The number of pyridine rings is 1. The smallest absolute Gasteiger partial charge is 0.224 e. The largest absolute Gasteiger partial charge is 0.349 e. The highest BCUT2D eigenvalue weighted by molar-refractivity contribution is 6.42. The zero-order chi connectivity index (χ0) is 14.8. The lowest BCUT2D eigenvalue weighted by Gasteiger charge is -2.14. The number of fused-ring (bicyclic) bond motifs is 1. The summed E-state index contributed by atoms with van der Waals surface area (Å²) in [5, 5.41) is 4.24. The first-order valence-electron chi connectivity index (χ1n) is 6.80. The molecule has 0 radical (unpaired) electrons. The SMILES string of the molecule is O=C(Cc1cccnc1)N[C@H]1CCc2c1ccc(Cl)c2Cl. The second-order valence-electron chi connectivity index (χ2n) is 5.13. The zero-order valence-electron chi connectivity index (χ0n) is 11.3. The van der Waals surface area contributed by atoms with Crippen LogP contribution in [0.3, 0.4) is 0 Å². The molecule has 1 aliphatic rings. The highest BCUT2D eigenvalue weighted by Gasteiger charge is 2.26. The van der Waals surface area contributed by atoms with Crippen LogP contribution in [0.4, 0.5) is 0 Å². The van der Waals surface area contributed by atoms with Gasteiger partial charge in [0.2, 0.25) is 5.91 Å². The van der Waals surface area contributed by atoms with Gasteiger partial charge >= 0.3 is 0 Å². The molecule has 2 aromatic rings. The fourth-order valence-corrected chi connectivity index (χ4v) is 3.16. The monoisotopic (exact) mass is 320 g/mol. The van der Waals surface area contributed by atoms with E-state index in [1.165, 1.54) is 0 Å². The first-order valence-corrected chi connectivity index (χ1v) is 7.56. The summed E-state index contributed by atoms with van der Waals surface area (Å²) in [7, 11) is 0. The summed E-state index contributed by atoms with van der Waals surface area (Å²) in [6.45, 7) is 0. The summed E-state index contributed by atoms with van der Waals surface area (Å²) < 4.78 is 0. The van der Waals surface area contributed by atoms with Crippen LogP contribution in [0.1, 0.15) is 29.2 Å². The van der Waals surface area contributed by atoms with Gasteiger partial charge in [0.25, 0.3) is 0 Å². The molecule has 5 heteroatoms. The maximum absolute atomic E-state index is 12.1. The van der Waals surface area contributed by atoms with E-state index in [9.17, 15) is 4.79 Å². The van der Waals surface area contributed by atoms with Gasteiger partial charge in [-0.25, -0.2) is 0 Å². The predicted octanol–water partition coefficient (Wildman–Crippen LogP) is 3.73. The molecule has 1 aromatic heterocycles. The molecule has 1 heterocycles. The van der Waals surface area contributed by atoms with Gasteiger partial charge in [-0.05, 0) is 41.7 Å². The van der Waals surface area contributed by atoms with Crippen LogP contribution in [0.5, 0.6) is 0 Å². The van der Waals surface area contributed by atoms with E-state index in [0.717, 1.165) is 29.5 Å². The Bertz CT molecular complexity index is 673. The number of nitrogens with one attached hydrogen (secondary N) is 1. The van der Waals surface area contributed by atoms with Crippen molar-refractivity contribution < 1.29 is 4.79 Å². The molecule has 1 aromatic carbocycles. The van der Waals surface area contributed by atoms with Crippen LogP contribution in [-0.4, -0.2) is 10.9 Å². The molecule has 0 bridgehead atoms. The van der Waals surface area contributed by atoms with Gasteiger partial charge in [-0.2, -0.15) is 0 Å². The first kappa shape index (κ1) is 14.4. The Labute approximate surface area is 133 Å². The second-order valence-corrected chi connectivity index (χ2v) is 5.91. The molecule has 0 fully saturated rings. The fourth-order valence-electron chi connectivity index (χ4n) is 2.72. The number of aromatic nitrogens is 1. The summed E-state index contributed by atoms with van der Waals surface area (Å²) in [6, 6.07) is 7.47. The van der Waals surface area contributed by atoms with Crippen molar-refractivity contribution in [2.24, 2.45) is 0 Å². The molecule has 0 saturated carbocycles. The molecular weight excluding hydrogens is 307 g/mol. The van der Waals surface area contributed by atoms with Crippen LogP contribution in [0.25, 0.3) is 0 Å². The van der Waals surface area contributed by atoms with Crippen LogP contribution in [-0.2, 0) is 17.6 Å². The third-order valence-corrected chi connectivity index (χ3v) is 4.56. The third kappa shape index (κ3) is 3.04. The van der Waals surface area contributed by atoms with Gasteiger partial charge in [-0.15, -0.1) is 0 Å². The molecule has 1 aliphatic carbocycles. The molecule has 21 heavy (non-hydrogen) atoms. The number of hydrogen-bond acceptors (Lipinski definition) is 2. The highest BCUT2D eigenvalue weighted by atomic mass is 35.5. The second kappa shape index (κ2) is 6.04. The highest BCUT2D eigenvalue weighted by Crippen LogP contribution is 2.39. The average molecular weight is 321 g/mol. The molecule has 0 aliphatic heterocycles. The molecule has 1 N–H and O–H groups in total. The van der Waals surface area contributed by atoms with Crippen LogP contribution in [0.2, 0.25) is 10.0 Å². The number of nitrogens with zero attached hydrogens (tertiary/aromatic N) is 1. The quantitative estimate of drug-likeness (QED) is 0.936. The Morgan fingerprint density at radius 1 is 1.33 bits per heavy atom.